The smallest absolute Gasteiger partial charge is 0.241 e. The van der Waals surface area contributed by atoms with Crippen molar-refractivity contribution in [2.75, 3.05) is 11.5 Å². The summed E-state index contributed by atoms with van der Waals surface area (Å²) in [7, 11) is 0. The summed E-state index contributed by atoms with van der Waals surface area (Å²) in [5.41, 5.74) is 14.2. The van der Waals surface area contributed by atoms with Gasteiger partial charge in [0.05, 0.1) is 0 Å². The summed E-state index contributed by atoms with van der Waals surface area (Å²) in [6, 6.07) is 13.1. The van der Waals surface area contributed by atoms with E-state index in [0.717, 1.165) is 41.3 Å². The van der Waals surface area contributed by atoms with Crippen molar-refractivity contribution in [2.45, 2.75) is 58.7 Å². The molecule has 0 heterocycles. The van der Waals surface area contributed by atoms with Gasteiger partial charge >= 0.3 is 0 Å². The van der Waals surface area contributed by atoms with E-state index in [-0.39, 0.29) is 6.29 Å². The third-order valence-electron chi connectivity index (χ3n) is 4.21. The first-order valence-electron chi connectivity index (χ1n) is 9.13. The van der Waals surface area contributed by atoms with E-state index in [1.807, 2.05) is 49.4 Å². The molecule has 4 nitrogen and oxygen atoms in total. The third kappa shape index (κ3) is 6.57. The fourth-order valence-electron chi connectivity index (χ4n) is 2.60. The maximum absolute atomic E-state index is 6.06. The minimum Gasteiger partial charge on any atom is -0.455 e. The number of nitrogen functional groups attached to an aromatic ring is 2. The molecule has 0 radical (unpaired) electrons. The zero-order valence-corrected chi connectivity index (χ0v) is 15.3. The van der Waals surface area contributed by atoms with Crippen molar-refractivity contribution in [3.05, 3.63) is 48.0 Å². The van der Waals surface area contributed by atoms with Crippen molar-refractivity contribution < 1.29 is 9.47 Å². The topological polar surface area (TPSA) is 70.5 Å². The number of unbranched alkanes of at least 4 members (excludes halogenated alkanes) is 4. The summed E-state index contributed by atoms with van der Waals surface area (Å²) in [6.45, 7) is 4.20. The van der Waals surface area contributed by atoms with Gasteiger partial charge in [0.1, 0.15) is 11.5 Å². The molecule has 1 unspecified atom stereocenters. The molecule has 2 aromatic carbocycles. The number of aryl methyl sites for hydroxylation is 1. The molecule has 0 spiro atoms. The fourth-order valence-corrected chi connectivity index (χ4v) is 2.60. The van der Waals surface area contributed by atoms with Crippen LogP contribution in [0, 0.1) is 6.92 Å². The van der Waals surface area contributed by atoms with Crippen LogP contribution < -0.4 is 20.9 Å². The second kappa shape index (κ2) is 9.82. The molecule has 0 saturated heterocycles. The Morgan fingerprint density at radius 1 is 0.840 bits per heavy atom. The van der Waals surface area contributed by atoms with Crippen molar-refractivity contribution in [2.24, 2.45) is 0 Å². The zero-order chi connectivity index (χ0) is 18.1. The molecule has 1 atom stereocenters. The van der Waals surface area contributed by atoms with Gasteiger partial charge in [-0.05, 0) is 49.2 Å². The van der Waals surface area contributed by atoms with Crippen LogP contribution in [-0.2, 0) is 0 Å². The summed E-state index contributed by atoms with van der Waals surface area (Å²) in [5, 5.41) is 0. The lowest BCUT2D eigenvalue weighted by Gasteiger charge is -2.21. The largest absolute Gasteiger partial charge is 0.455 e. The van der Waals surface area contributed by atoms with Gasteiger partial charge in [-0.25, -0.2) is 0 Å². The number of rotatable bonds is 10. The van der Waals surface area contributed by atoms with Crippen LogP contribution in [0.2, 0.25) is 0 Å². The van der Waals surface area contributed by atoms with Crippen LogP contribution in [0.15, 0.2) is 42.5 Å². The SMILES string of the molecule is CCCCCCCC(Oc1ccc(N)cc1)Oc1ccc(C)c(N)c1. The quantitative estimate of drug-likeness (QED) is 0.349. The van der Waals surface area contributed by atoms with Gasteiger partial charge in [-0.3, -0.25) is 0 Å². The van der Waals surface area contributed by atoms with E-state index in [1.54, 1.807) is 0 Å². The summed E-state index contributed by atoms with van der Waals surface area (Å²) >= 11 is 0. The van der Waals surface area contributed by atoms with Gasteiger partial charge in [0.25, 0.3) is 0 Å². The van der Waals surface area contributed by atoms with Crippen LogP contribution in [0.1, 0.15) is 51.0 Å². The Morgan fingerprint density at radius 2 is 1.48 bits per heavy atom. The van der Waals surface area contributed by atoms with E-state index in [0.29, 0.717) is 0 Å². The van der Waals surface area contributed by atoms with E-state index in [2.05, 4.69) is 6.92 Å². The minimum atomic E-state index is -0.340. The Kier molecular flexibility index (Phi) is 7.45. The van der Waals surface area contributed by atoms with E-state index in [1.165, 1.54) is 25.7 Å². The normalized spacial score (nSPS) is 11.9. The average molecular weight is 342 g/mol. The highest BCUT2D eigenvalue weighted by Crippen LogP contribution is 2.24. The fraction of sp³-hybridized carbons (Fsp3) is 0.429. The Hall–Kier alpha value is -2.36. The molecule has 0 bridgehead atoms. The van der Waals surface area contributed by atoms with Crippen LogP contribution in [0.5, 0.6) is 11.5 Å². The van der Waals surface area contributed by atoms with Crippen molar-refractivity contribution in [1.29, 1.82) is 0 Å². The maximum Gasteiger partial charge on any atom is 0.241 e. The van der Waals surface area contributed by atoms with Crippen molar-refractivity contribution in [1.82, 2.24) is 0 Å². The predicted octanol–water partition coefficient (Wildman–Crippen LogP) is 5.30. The molecular formula is C21H30N2O2. The molecule has 0 amide bonds. The second-order valence-electron chi connectivity index (χ2n) is 6.46. The van der Waals surface area contributed by atoms with Crippen LogP contribution in [0.4, 0.5) is 11.4 Å². The Morgan fingerprint density at radius 3 is 2.16 bits per heavy atom. The van der Waals surface area contributed by atoms with E-state index >= 15 is 0 Å². The van der Waals surface area contributed by atoms with Gasteiger partial charge in [-0.2, -0.15) is 0 Å². The van der Waals surface area contributed by atoms with Crippen LogP contribution >= 0.6 is 0 Å². The molecule has 0 fully saturated rings. The first-order chi connectivity index (χ1) is 12.1. The first kappa shape index (κ1) is 19.0. The number of benzene rings is 2. The molecule has 0 saturated carbocycles. The molecule has 2 aromatic rings. The van der Waals surface area contributed by atoms with Gasteiger partial charge in [-0.1, -0.05) is 38.7 Å². The lowest BCUT2D eigenvalue weighted by molar-refractivity contribution is -0.00240. The summed E-state index contributed by atoms with van der Waals surface area (Å²) in [6.07, 6.45) is 6.52. The molecule has 0 aromatic heterocycles. The number of anilines is 2. The number of hydrogen-bond acceptors (Lipinski definition) is 4. The average Bonchev–Trinajstić information content (AvgIpc) is 2.60. The lowest BCUT2D eigenvalue weighted by Crippen LogP contribution is -2.24. The van der Waals surface area contributed by atoms with E-state index in [4.69, 9.17) is 20.9 Å². The predicted molar refractivity (Wildman–Crippen MR) is 105 cm³/mol. The Balaban J connectivity index is 1.99. The summed E-state index contributed by atoms with van der Waals surface area (Å²) in [5.74, 6) is 1.49. The van der Waals surface area contributed by atoms with E-state index in [9.17, 15) is 0 Å². The van der Waals surface area contributed by atoms with Gasteiger partial charge in [0.15, 0.2) is 0 Å². The standard InChI is InChI=1S/C21H30N2O2/c1-3-4-5-6-7-8-21(24-18-13-10-17(22)11-14-18)25-19-12-9-16(2)20(23)15-19/h9-15,21H,3-8,22-23H2,1-2H3. The first-order valence-corrected chi connectivity index (χ1v) is 9.13. The van der Waals surface area contributed by atoms with E-state index < -0.39 is 0 Å². The lowest BCUT2D eigenvalue weighted by atomic mass is 10.1. The number of hydrogen-bond donors (Lipinski definition) is 2. The van der Waals surface area contributed by atoms with Gasteiger partial charge in [-0.15, -0.1) is 0 Å². The highest BCUT2D eigenvalue weighted by Gasteiger charge is 2.13. The monoisotopic (exact) mass is 342 g/mol. The molecule has 4 heteroatoms. The molecule has 0 aliphatic heterocycles. The molecule has 4 N–H and O–H groups in total. The van der Waals surface area contributed by atoms with Crippen LogP contribution in [0.3, 0.4) is 0 Å². The molecule has 0 aliphatic rings. The van der Waals surface area contributed by atoms with Crippen LogP contribution in [-0.4, -0.2) is 6.29 Å². The molecule has 25 heavy (non-hydrogen) atoms. The third-order valence-corrected chi connectivity index (χ3v) is 4.21. The summed E-state index contributed by atoms with van der Waals surface area (Å²) < 4.78 is 12.1. The number of nitrogens with two attached hydrogens (primary N) is 2. The molecule has 0 aliphatic carbocycles. The molecule has 136 valence electrons. The van der Waals surface area contributed by atoms with Crippen molar-refractivity contribution in [3.8, 4) is 11.5 Å². The zero-order valence-electron chi connectivity index (χ0n) is 15.3. The Labute approximate surface area is 151 Å². The second-order valence-corrected chi connectivity index (χ2v) is 6.46. The molecular weight excluding hydrogens is 312 g/mol. The van der Waals surface area contributed by atoms with Crippen molar-refractivity contribution >= 4 is 11.4 Å². The van der Waals surface area contributed by atoms with Gasteiger partial charge in [0, 0.05) is 23.9 Å². The maximum atomic E-state index is 6.06. The summed E-state index contributed by atoms with van der Waals surface area (Å²) in [4.78, 5) is 0. The van der Waals surface area contributed by atoms with Gasteiger partial charge in [0.2, 0.25) is 6.29 Å². The van der Waals surface area contributed by atoms with Crippen molar-refractivity contribution in [3.63, 3.8) is 0 Å². The van der Waals surface area contributed by atoms with Gasteiger partial charge < -0.3 is 20.9 Å². The number of ether oxygens (including phenoxy) is 2. The minimum absolute atomic E-state index is 0.340. The Bertz CT molecular complexity index is 641. The highest BCUT2D eigenvalue weighted by atomic mass is 16.7. The van der Waals surface area contributed by atoms with Crippen LogP contribution in [0.25, 0.3) is 0 Å². The highest BCUT2D eigenvalue weighted by molar-refractivity contribution is 5.50. The molecule has 2 rings (SSSR count).